The van der Waals surface area contributed by atoms with Crippen LogP contribution in [0, 0.1) is 0 Å². The first-order chi connectivity index (χ1) is 8.95. The van der Waals surface area contributed by atoms with E-state index in [-0.39, 0.29) is 5.97 Å². The molecule has 0 heterocycles. The van der Waals surface area contributed by atoms with Crippen molar-refractivity contribution in [3.05, 3.63) is 33.8 Å². The predicted molar refractivity (Wildman–Crippen MR) is 78.7 cm³/mol. The van der Waals surface area contributed by atoms with Crippen LogP contribution in [0.5, 0.6) is 0 Å². The number of carbonyl (C=O) groups excluding carboxylic acids is 1. The van der Waals surface area contributed by atoms with Gasteiger partial charge in [0.2, 0.25) is 0 Å². The lowest BCUT2D eigenvalue weighted by Crippen LogP contribution is -2.48. The quantitative estimate of drug-likeness (QED) is 0.813. The molecule has 0 radical (unpaired) electrons. The number of esters is 1. The maximum atomic E-state index is 12.2. The lowest BCUT2D eigenvalue weighted by molar-refractivity contribution is -0.151. The fourth-order valence-electron chi connectivity index (χ4n) is 1.82. The maximum Gasteiger partial charge on any atom is 0.330 e. The molecule has 0 aliphatic carbocycles. The third-order valence-electron chi connectivity index (χ3n) is 2.88. The summed E-state index contributed by atoms with van der Waals surface area (Å²) >= 11 is 12.1. The van der Waals surface area contributed by atoms with E-state index in [1.165, 1.54) is 0 Å². The first-order valence-electron chi connectivity index (χ1n) is 6.33. The first kappa shape index (κ1) is 16.3. The standard InChI is InChI=1S/C14H19Cl2NO2/c1-4-8-17-14(3,13(18)19-5-2)11-7-6-10(15)9-12(11)16/h6-7,9,17H,4-5,8H2,1-3H3. The Labute approximate surface area is 124 Å². The van der Waals surface area contributed by atoms with Crippen molar-refractivity contribution in [1.29, 1.82) is 0 Å². The van der Waals surface area contributed by atoms with Crippen LogP contribution in [-0.4, -0.2) is 19.1 Å². The van der Waals surface area contributed by atoms with Gasteiger partial charge in [-0.3, -0.25) is 5.32 Å². The average Bonchev–Trinajstić information content (AvgIpc) is 2.36. The Morgan fingerprint density at radius 2 is 2.05 bits per heavy atom. The van der Waals surface area contributed by atoms with Crippen molar-refractivity contribution in [2.24, 2.45) is 0 Å². The highest BCUT2D eigenvalue weighted by Crippen LogP contribution is 2.31. The monoisotopic (exact) mass is 303 g/mol. The predicted octanol–water partition coefficient (Wildman–Crippen LogP) is 3.77. The molecular weight excluding hydrogens is 285 g/mol. The molecule has 1 rings (SSSR count). The molecule has 19 heavy (non-hydrogen) atoms. The summed E-state index contributed by atoms with van der Waals surface area (Å²) in [5, 5.41) is 4.19. The van der Waals surface area contributed by atoms with Crippen LogP contribution in [0.3, 0.4) is 0 Å². The molecule has 106 valence electrons. The summed E-state index contributed by atoms with van der Waals surface area (Å²) in [4.78, 5) is 12.2. The fourth-order valence-corrected chi connectivity index (χ4v) is 2.42. The molecule has 0 bridgehead atoms. The van der Waals surface area contributed by atoms with Crippen LogP contribution in [0.2, 0.25) is 10.0 Å². The molecule has 0 saturated heterocycles. The number of carbonyl (C=O) groups is 1. The zero-order valence-corrected chi connectivity index (χ0v) is 12.9. The van der Waals surface area contributed by atoms with Gasteiger partial charge in [0.15, 0.2) is 0 Å². The SMILES string of the molecule is CCCNC(C)(C(=O)OCC)c1ccc(Cl)cc1Cl. The largest absolute Gasteiger partial charge is 0.464 e. The highest BCUT2D eigenvalue weighted by atomic mass is 35.5. The Morgan fingerprint density at radius 1 is 1.37 bits per heavy atom. The van der Waals surface area contributed by atoms with Gasteiger partial charge in [-0.2, -0.15) is 0 Å². The topological polar surface area (TPSA) is 38.3 Å². The lowest BCUT2D eigenvalue weighted by Gasteiger charge is -2.30. The van der Waals surface area contributed by atoms with E-state index in [2.05, 4.69) is 5.32 Å². The van der Waals surface area contributed by atoms with Gasteiger partial charge in [-0.05, 0) is 38.9 Å². The number of halogens is 2. The molecule has 0 spiro atoms. The number of rotatable bonds is 6. The molecule has 0 aliphatic rings. The molecule has 0 fully saturated rings. The Balaban J connectivity index is 3.18. The average molecular weight is 304 g/mol. The van der Waals surface area contributed by atoms with Crippen molar-refractivity contribution in [3.8, 4) is 0 Å². The molecule has 1 atom stereocenters. The van der Waals surface area contributed by atoms with Crippen molar-refractivity contribution in [3.63, 3.8) is 0 Å². The number of ether oxygens (including phenoxy) is 1. The van der Waals surface area contributed by atoms with Gasteiger partial charge in [0.1, 0.15) is 5.54 Å². The minimum absolute atomic E-state index is 0.327. The molecule has 5 heteroatoms. The van der Waals surface area contributed by atoms with Crippen LogP contribution < -0.4 is 5.32 Å². The molecule has 3 nitrogen and oxygen atoms in total. The summed E-state index contributed by atoms with van der Waals surface area (Å²) in [6.07, 6.45) is 0.903. The highest BCUT2D eigenvalue weighted by Gasteiger charge is 2.37. The van der Waals surface area contributed by atoms with Crippen molar-refractivity contribution in [2.75, 3.05) is 13.2 Å². The summed E-state index contributed by atoms with van der Waals surface area (Å²) in [5.41, 5.74) is -0.293. The summed E-state index contributed by atoms with van der Waals surface area (Å²) in [7, 11) is 0. The minimum Gasteiger partial charge on any atom is -0.464 e. The van der Waals surface area contributed by atoms with E-state index in [9.17, 15) is 4.79 Å². The van der Waals surface area contributed by atoms with Gasteiger partial charge in [0.25, 0.3) is 0 Å². The molecule has 1 aromatic rings. The van der Waals surface area contributed by atoms with Gasteiger partial charge >= 0.3 is 5.97 Å². The third kappa shape index (κ3) is 3.85. The van der Waals surface area contributed by atoms with Gasteiger partial charge in [-0.25, -0.2) is 4.79 Å². The van der Waals surface area contributed by atoms with Gasteiger partial charge < -0.3 is 4.74 Å². The Bertz CT molecular complexity index is 451. The zero-order chi connectivity index (χ0) is 14.5. The zero-order valence-electron chi connectivity index (χ0n) is 11.4. The van der Waals surface area contributed by atoms with Gasteiger partial charge in [0, 0.05) is 15.6 Å². The van der Waals surface area contributed by atoms with E-state index < -0.39 is 5.54 Å². The van der Waals surface area contributed by atoms with Crippen LogP contribution in [-0.2, 0) is 15.1 Å². The molecule has 1 unspecified atom stereocenters. The smallest absolute Gasteiger partial charge is 0.330 e. The van der Waals surface area contributed by atoms with Crippen molar-refractivity contribution in [1.82, 2.24) is 5.32 Å². The number of hydrogen-bond donors (Lipinski definition) is 1. The maximum absolute atomic E-state index is 12.2. The van der Waals surface area contributed by atoms with Crippen LogP contribution in [0.15, 0.2) is 18.2 Å². The normalized spacial score (nSPS) is 13.9. The Morgan fingerprint density at radius 3 is 2.58 bits per heavy atom. The van der Waals surface area contributed by atoms with Crippen LogP contribution in [0.1, 0.15) is 32.8 Å². The van der Waals surface area contributed by atoms with E-state index in [4.69, 9.17) is 27.9 Å². The van der Waals surface area contributed by atoms with Gasteiger partial charge in [0.05, 0.1) is 6.61 Å². The van der Waals surface area contributed by atoms with E-state index in [0.717, 1.165) is 6.42 Å². The van der Waals surface area contributed by atoms with Crippen molar-refractivity contribution >= 4 is 29.2 Å². The Hall–Kier alpha value is -0.770. The van der Waals surface area contributed by atoms with Gasteiger partial charge in [-0.15, -0.1) is 0 Å². The molecule has 0 saturated carbocycles. The molecule has 0 aliphatic heterocycles. The summed E-state index contributed by atoms with van der Waals surface area (Å²) < 4.78 is 5.15. The summed E-state index contributed by atoms with van der Waals surface area (Å²) in [6, 6.07) is 5.10. The van der Waals surface area contributed by atoms with Crippen LogP contribution in [0.25, 0.3) is 0 Å². The second kappa shape index (κ2) is 7.13. The second-order valence-electron chi connectivity index (χ2n) is 4.40. The minimum atomic E-state index is -0.965. The molecular formula is C14H19Cl2NO2. The number of hydrogen-bond acceptors (Lipinski definition) is 3. The Kier molecular flexibility index (Phi) is 6.11. The van der Waals surface area contributed by atoms with E-state index in [1.807, 2.05) is 6.92 Å². The number of nitrogens with one attached hydrogen (secondary N) is 1. The van der Waals surface area contributed by atoms with Gasteiger partial charge in [-0.1, -0.05) is 36.2 Å². The molecule has 1 aromatic carbocycles. The van der Waals surface area contributed by atoms with Crippen molar-refractivity contribution < 1.29 is 9.53 Å². The van der Waals surface area contributed by atoms with E-state index in [1.54, 1.807) is 32.0 Å². The molecule has 1 N–H and O–H groups in total. The second-order valence-corrected chi connectivity index (χ2v) is 5.24. The first-order valence-corrected chi connectivity index (χ1v) is 7.09. The molecule has 0 aromatic heterocycles. The van der Waals surface area contributed by atoms with E-state index in [0.29, 0.717) is 28.8 Å². The summed E-state index contributed by atoms with van der Waals surface area (Å²) in [6.45, 7) is 6.60. The van der Waals surface area contributed by atoms with Crippen LogP contribution >= 0.6 is 23.2 Å². The number of benzene rings is 1. The van der Waals surface area contributed by atoms with Crippen molar-refractivity contribution in [2.45, 2.75) is 32.7 Å². The third-order valence-corrected chi connectivity index (χ3v) is 3.43. The lowest BCUT2D eigenvalue weighted by atomic mass is 9.91. The van der Waals surface area contributed by atoms with Crippen LogP contribution in [0.4, 0.5) is 0 Å². The van der Waals surface area contributed by atoms with E-state index >= 15 is 0 Å². The summed E-state index contributed by atoms with van der Waals surface area (Å²) in [5.74, 6) is -0.340. The fraction of sp³-hybridized carbons (Fsp3) is 0.500. The highest BCUT2D eigenvalue weighted by molar-refractivity contribution is 6.35. The molecule has 0 amide bonds.